The average Bonchev–Trinajstić information content (AvgIpc) is 3.19. The summed E-state index contributed by atoms with van der Waals surface area (Å²) in [5.74, 6) is 1.64. The first-order valence-corrected chi connectivity index (χ1v) is 12.7. The SMILES string of the molecule is COc1cc(-c2nc3sc4c(c3c(=O)[nH]2)CCCC4)c(Br)c(Br)c1OCc1ccccc1. The van der Waals surface area contributed by atoms with Crippen LogP contribution in [0.1, 0.15) is 28.8 Å². The largest absolute Gasteiger partial charge is 0.493 e. The Hall–Kier alpha value is -2.16. The van der Waals surface area contributed by atoms with Gasteiger partial charge < -0.3 is 14.5 Å². The van der Waals surface area contributed by atoms with Crippen molar-refractivity contribution in [1.82, 2.24) is 9.97 Å². The Morgan fingerprint density at radius 3 is 2.69 bits per heavy atom. The monoisotopic (exact) mass is 574 g/mol. The lowest BCUT2D eigenvalue weighted by molar-refractivity contribution is 0.282. The zero-order valence-electron chi connectivity index (χ0n) is 17.3. The topological polar surface area (TPSA) is 64.2 Å². The molecule has 2 heterocycles. The molecule has 5 rings (SSSR count). The zero-order valence-corrected chi connectivity index (χ0v) is 21.3. The number of halogens is 2. The van der Waals surface area contributed by atoms with Crippen molar-refractivity contribution in [2.24, 2.45) is 0 Å². The molecule has 1 aliphatic carbocycles. The van der Waals surface area contributed by atoms with Crippen LogP contribution in [0.15, 0.2) is 50.1 Å². The second-order valence-electron chi connectivity index (χ2n) is 7.66. The lowest BCUT2D eigenvalue weighted by Crippen LogP contribution is -2.11. The Morgan fingerprint density at radius 1 is 1.12 bits per heavy atom. The predicted molar refractivity (Wildman–Crippen MR) is 135 cm³/mol. The molecule has 0 saturated carbocycles. The summed E-state index contributed by atoms with van der Waals surface area (Å²) in [7, 11) is 1.60. The van der Waals surface area contributed by atoms with Crippen molar-refractivity contribution < 1.29 is 9.47 Å². The van der Waals surface area contributed by atoms with Gasteiger partial charge in [0.05, 0.1) is 17.0 Å². The van der Waals surface area contributed by atoms with Gasteiger partial charge >= 0.3 is 0 Å². The summed E-state index contributed by atoms with van der Waals surface area (Å²) in [6.07, 6.45) is 4.28. The lowest BCUT2D eigenvalue weighted by atomic mass is 9.97. The van der Waals surface area contributed by atoms with E-state index in [1.165, 1.54) is 16.9 Å². The van der Waals surface area contributed by atoms with Crippen LogP contribution in [0.4, 0.5) is 0 Å². The third-order valence-electron chi connectivity index (χ3n) is 5.65. The van der Waals surface area contributed by atoms with Crippen LogP contribution >= 0.6 is 43.2 Å². The van der Waals surface area contributed by atoms with E-state index in [9.17, 15) is 4.79 Å². The summed E-state index contributed by atoms with van der Waals surface area (Å²) in [6, 6.07) is 11.8. The number of aryl methyl sites for hydroxylation is 2. The van der Waals surface area contributed by atoms with Gasteiger partial charge in [0, 0.05) is 14.9 Å². The minimum absolute atomic E-state index is 0.0872. The number of H-pyrrole nitrogens is 1. The highest BCUT2D eigenvalue weighted by Gasteiger charge is 2.23. The van der Waals surface area contributed by atoms with Crippen molar-refractivity contribution in [1.29, 1.82) is 0 Å². The Bertz CT molecular complexity index is 1370. The number of benzene rings is 2. The zero-order chi connectivity index (χ0) is 22.2. The van der Waals surface area contributed by atoms with Gasteiger partial charge in [0.15, 0.2) is 11.5 Å². The lowest BCUT2D eigenvalue weighted by Gasteiger charge is -2.16. The molecule has 0 fully saturated rings. The van der Waals surface area contributed by atoms with Crippen molar-refractivity contribution in [2.45, 2.75) is 32.3 Å². The minimum atomic E-state index is -0.0872. The molecule has 0 atom stereocenters. The molecule has 164 valence electrons. The van der Waals surface area contributed by atoms with Crippen LogP contribution in [0.2, 0.25) is 0 Å². The van der Waals surface area contributed by atoms with E-state index >= 15 is 0 Å². The second-order valence-corrected chi connectivity index (χ2v) is 10.3. The summed E-state index contributed by atoms with van der Waals surface area (Å²) in [4.78, 5) is 22.9. The van der Waals surface area contributed by atoms with Gasteiger partial charge in [-0.2, -0.15) is 0 Å². The van der Waals surface area contributed by atoms with Gasteiger partial charge in [-0.25, -0.2) is 4.98 Å². The Kier molecular flexibility index (Phi) is 6.09. The predicted octanol–water partition coefficient (Wildman–Crippen LogP) is 6.64. The molecule has 8 heteroatoms. The summed E-state index contributed by atoms with van der Waals surface area (Å²) >= 11 is 8.94. The first kappa shape index (κ1) is 21.7. The van der Waals surface area contributed by atoms with Gasteiger partial charge in [-0.15, -0.1) is 11.3 Å². The van der Waals surface area contributed by atoms with Gasteiger partial charge in [0.1, 0.15) is 17.3 Å². The third kappa shape index (κ3) is 3.89. The number of rotatable bonds is 5. The number of thiophene rings is 1. The van der Waals surface area contributed by atoms with Crippen LogP contribution in [0.5, 0.6) is 11.5 Å². The van der Waals surface area contributed by atoms with Gasteiger partial charge in [-0.3, -0.25) is 4.79 Å². The van der Waals surface area contributed by atoms with Crippen LogP contribution in [-0.4, -0.2) is 17.1 Å². The fourth-order valence-electron chi connectivity index (χ4n) is 4.07. The molecule has 0 saturated heterocycles. The highest BCUT2D eigenvalue weighted by molar-refractivity contribution is 9.13. The van der Waals surface area contributed by atoms with Crippen LogP contribution < -0.4 is 15.0 Å². The summed E-state index contributed by atoms with van der Waals surface area (Å²) < 4.78 is 13.1. The molecule has 32 heavy (non-hydrogen) atoms. The Morgan fingerprint density at radius 2 is 1.91 bits per heavy atom. The molecule has 1 aliphatic rings. The molecule has 1 N–H and O–H groups in total. The average molecular weight is 576 g/mol. The van der Waals surface area contributed by atoms with Crippen LogP contribution in [0.3, 0.4) is 0 Å². The number of ether oxygens (including phenoxy) is 2. The van der Waals surface area contributed by atoms with Gasteiger partial charge in [0.2, 0.25) is 0 Å². The van der Waals surface area contributed by atoms with E-state index in [1.54, 1.807) is 18.4 Å². The highest BCUT2D eigenvalue weighted by Crippen LogP contribution is 2.46. The van der Waals surface area contributed by atoms with E-state index in [2.05, 4.69) is 36.8 Å². The Labute approximate surface area is 206 Å². The van der Waals surface area contributed by atoms with Crippen molar-refractivity contribution in [2.75, 3.05) is 7.11 Å². The summed E-state index contributed by atoms with van der Waals surface area (Å²) in [6.45, 7) is 0.406. The number of nitrogens with zero attached hydrogens (tertiary/aromatic N) is 1. The molecular formula is C24H20Br2N2O3S. The van der Waals surface area contributed by atoms with E-state index in [0.717, 1.165) is 45.1 Å². The number of hydrogen-bond donors (Lipinski definition) is 1. The molecular weight excluding hydrogens is 556 g/mol. The first-order chi connectivity index (χ1) is 15.6. The fraction of sp³-hybridized carbons (Fsp3) is 0.250. The van der Waals surface area contributed by atoms with Crippen molar-refractivity contribution in [3.63, 3.8) is 0 Å². The summed E-state index contributed by atoms with van der Waals surface area (Å²) in [5.41, 5.74) is 2.88. The van der Waals surface area contributed by atoms with E-state index < -0.39 is 0 Å². The first-order valence-electron chi connectivity index (χ1n) is 10.3. The van der Waals surface area contributed by atoms with Crippen molar-refractivity contribution in [3.05, 3.63) is 71.7 Å². The summed E-state index contributed by atoms with van der Waals surface area (Å²) in [5, 5.41) is 0.749. The van der Waals surface area contributed by atoms with Crippen LogP contribution in [0, 0.1) is 0 Å². The van der Waals surface area contributed by atoms with Crippen molar-refractivity contribution >= 4 is 53.4 Å². The Balaban J connectivity index is 1.57. The molecule has 4 aromatic rings. The number of methoxy groups -OCH3 is 1. The number of hydrogen-bond acceptors (Lipinski definition) is 5. The van der Waals surface area contributed by atoms with E-state index in [0.29, 0.717) is 28.4 Å². The molecule has 2 aromatic carbocycles. The number of aromatic nitrogens is 2. The molecule has 0 radical (unpaired) electrons. The number of nitrogens with one attached hydrogen (secondary N) is 1. The third-order valence-corrected chi connectivity index (χ3v) is 8.95. The van der Waals surface area contributed by atoms with Gasteiger partial charge in [0.25, 0.3) is 5.56 Å². The van der Waals surface area contributed by atoms with Crippen LogP contribution in [0.25, 0.3) is 21.6 Å². The maximum atomic E-state index is 13.0. The number of aromatic amines is 1. The molecule has 0 aliphatic heterocycles. The second kappa shape index (κ2) is 9.00. The molecule has 5 nitrogen and oxygen atoms in total. The normalized spacial score (nSPS) is 13.2. The van der Waals surface area contributed by atoms with Crippen molar-refractivity contribution in [3.8, 4) is 22.9 Å². The molecule has 0 unspecified atom stereocenters. The van der Waals surface area contributed by atoms with E-state index in [4.69, 9.17) is 14.5 Å². The standard InChI is InChI=1S/C24H20Br2N2O3S/c1-30-16-11-15(19(25)20(26)21(16)31-12-13-7-3-2-4-8-13)22-27-23(29)18-14-9-5-6-10-17(14)32-24(18)28-22/h2-4,7-8,11H,5-6,9-10,12H2,1H3,(H,27,28,29). The molecule has 2 aromatic heterocycles. The molecule has 0 amide bonds. The van der Waals surface area contributed by atoms with Gasteiger partial charge in [-0.05, 0) is 74.7 Å². The fourth-order valence-corrected chi connectivity index (χ4v) is 6.33. The molecule has 0 spiro atoms. The minimum Gasteiger partial charge on any atom is -0.493 e. The smallest absolute Gasteiger partial charge is 0.260 e. The van der Waals surface area contributed by atoms with E-state index in [-0.39, 0.29) is 5.56 Å². The number of fused-ring (bicyclic) bond motifs is 3. The quantitative estimate of drug-likeness (QED) is 0.289. The maximum Gasteiger partial charge on any atom is 0.260 e. The maximum absolute atomic E-state index is 13.0. The van der Waals surface area contributed by atoms with Crippen LogP contribution in [-0.2, 0) is 19.4 Å². The highest BCUT2D eigenvalue weighted by atomic mass is 79.9. The van der Waals surface area contributed by atoms with Gasteiger partial charge in [-0.1, -0.05) is 30.3 Å². The van der Waals surface area contributed by atoms with E-state index in [1.807, 2.05) is 36.4 Å². The molecule has 0 bridgehead atoms.